The number of halogens is 3. The summed E-state index contributed by atoms with van der Waals surface area (Å²) in [5, 5.41) is 0.289. The SMILES string of the molecule is Cc1cc(Br)cn2c(N)c(-c3ccc(F)cc3Cl)nc12. The van der Waals surface area contributed by atoms with Gasteiger partial charge in [0.2, 0.25) is 0 Å². The number of rotatable bonds is 1. The number of fused-ring (bicyclic) bond motifs is 1. The first-order valence-electron chi connectivity index (χ1n) is 5.86. The maximum absolute atomic E-state index is 13.1. The zero-order valence-electron chi connectivity index (χ0n) is 10.5. The van der Waals surface area contributed by atoms with E-state index in [1.807, 2.05) is 19.2 Å². The van der Waals surface area contributed by atoms with Crippen molar-refractivity contribution in [3.63, 3.8) is 0 Å². The minimum atomic E-state index is -0.389. The number of aromatic nitrogens is 2. The quantitative estimate of drug-likeness (QED) is 0.702. The fourth-order valence-corrected chi connectivity index (χ4v) is 2.97. The van der Waals surface area contributed by atoms with Gasteiger partial charge in [0, 0.05) is 16.2 Å². The Labute approximate surface area is 128 Å². The van der Waals surface area contributed by atoms with Gasteiger partial charge in [-0.05, 0) is 52.7 Å². The Hall–Kier alpha value is -1.59. The normalized spacial score (nSPS) is 11.2. The Morgan fingerprint density at radius 2 is 2.10 bits per heavy atom. The van der Waals surface area contributed by atoms with Gasteiger partial charge in [-0.25, -0.2) is 9.37 Å². The van der Waals surface area contributed by atoms with E-state index in [0.717, 1.165) is 15.7 Å². The highest BCUT2D eigenvalue weighted by molar-refractivity contribution is 9.10. The van der Waals surface area contributed by atoms with Gasteiger partial charge in [0.05, 0.1) is 5.02 Å². The molecular weight excluding hydrogens is 345 g/mol. The molecule has 0 aliphatic rings. The molecule has 0 fully saturated rings. The second-order valence-corrected chi connectivity index (χ2v) is 5.83. The molecular formula is C14H10BrClFN3. The number of nitrogens with zero attached hydrogens (tertiary/aromatic N) is 2. The monoisotopic (exact) mass is 353 g/mol. The second kappa shape index (κ2) is 4.75. The summed E-state index contributed by atoms with van der Waals surface area (Å²) < 4.78 is 15.8. The van der Waals surface area contributed by atoms with Crippen LogP contribution in [0.25, 0.3) is 16.9 Å². The Kier molecular flexibility index (Phi) is 3.18. The average molecular weight is 355 g/mol. The van der Waals surface area contributed by atoms with Crippen molar-refractivity contribution in [3.8, 4) is 11.3 Å². The van der Waals surface area contributed by atoms with E-state index in [0.29, 0.717) is 17.1 Å². The van der Waals surface area contributed by atoms with E-state index in [2.05, 4.69) is 20.9 Å². The molecule has 102 valence electrons. The molecule has 0 amide bonds. The molecule has 0 radical (unpaired) electrons. The van der Waals surface area contributed by atoms with E-state index in [1.54, 1.807) is 10.5 Å². The third-order valence-corrected chi connectivity index (χ3v) is 3.84. The van der Waals surface area contributed by atoms with E-state index in [4.69, 9.17) is 17.3 Å². The van der Waals surface area contributed by atoms with Crippen LogP contribution in [0, 0.1) is 12.7 Å². The summed E-state index contributed by atoms with van der Waals surface area (Å²) >= 11 is 9.51. The van der Waals surface area contributed by atoms with Crippen molar-refractivity contribution in [2.24, 2.45) is 0 Å². The Balaban J connectivity index is 2.32. The van der Waals surface area contributed by atoms with Crippen molar-refractivity contribution in [3.05, 3.63) is 51.3 Å². The molecule has 2 heterocycles. The van der Waals surface area contributed by atoms with E-state index < -0.39 is 0 Å². The summed E-state index contributed by atoms with van der Waals surface area (Å²) in [6.07, 6.45) is 1.84. The number of nitrogen functional groups attached to an aromatic ring is 1. The van der Waals surface area contributed by atoms with Crippen molar-refractivity contribution in [2.75, 3.05) is 5.73 Å². The van der Waals surface area contributed by atoms with E-state index in [1.165, 1.54) is 12.1 Å². The largest absolute Gasteiger partial charge is 0.383 e. The lowest BCUT2D eigenvalue weighted by molar-refractivity contribution is 0.628. The molecule has 0 saturated heterocycles. The molecule has 3 rings (SSSR count). The third kappa shape index (κ3) is 2.07. The molecule has 3 aromatic rings. The number of hydrogen-bond donors (Lipinski definition) is 1. The summed E-state index contributed by atoms with van der Waals surface area (Å²) in [6, 6.07) is 6.13. The minimum Gasteiger partial charge on any atom is -0.383 e. The Morgan fingerprint density at radius 1 is 1.35 bits per heavy atom. The lowest BCUT2D eigenvalue weighted by atomic mass is 10.1. The Bertz CT molecular complexity index is 829. The summed E-state index contributed by atoms with van der Waals surface area (Å²) in [5.74, 6) is 0.0814. The molecule has 0 unspecified atom stereocenters. The number of hydrogen-bond acceptors (Lipinski definition) is 2. The van der Waals surface area contributed by atoms with Crippen LogP contribution < -0.4 is 5.73 Å². The molecule has 2 N–H and O–H groups in total. The molecule has 0 saturated carbocycles. The number of anilines is 1. The van der Waals surface area contributed by atoms with E-state index in [-0.39, 0.29) is 10.8 Å². The van der Waals surface area contributed by atoms with Gasteiger partial charge >= 0.3 is 0 Å². The first-order valence-corrected chi connectivity index (χ1v) is 7.03. The maximum atomic E-state index is 13.1. The van der Waals surface area contributed by atoms with Crippen LogP contribution in [-0.2, 0) is 0 Å². The van der Waals surface area contributed by atoms with Gasteiger partial charge < -0.3 is 5.73 Å². The smallest absolute Gasteiger partial charge is 0.142 e. The molecule has 3 nitrogen and oxygen atoms in total. The Morgan fingerprint density at radius 3 is 2.80 bits per heavy atom. The van der Waals surface area contributed by atoms with Gasteiger partial charge in [-0.2, -0.15) is 0 Å². The van der Waals surface area contributed by atoms with Crippen LogP contribution in [0.4, 0.5) is 10.2 Å². The fraction of sp³-hybridized carbons (Fsp3) is 0.0714. The van der Waals surface area contributed by atoms with Crippen LogP contribution >= 0.6 is 27.5 Å². The highest BCUT2D eigenvalue weighted by Gasteiger charge is 2.16. The van der Waals surface area contributed by atoms with Crippen molar-refractivity contribution < 1.29 is 4.39 Å². The van der Waals surface area contributed by atoms with Crippen molar-refractivity contribution in [2.45, 2.75) is 6.92 Å². The van der Waals surface area contributed by atoms with Crippen molar-refractivity contribution in [1.29, 1.82) is 0 Å². The summed E-state index contributed by atoms with van der Waals surface area (Å²) in [6.45, 7) is 1.95. The van der Waals surface area contributed by atoms with E-state index in [9.17, 15) is 4.39 Å². The standard InChI is InChI=1S/C14H10BrClFN3/c1-7-4-8(15)6-20-13(18)12(19-14(7)20)10-3-2-9(17)5-11(10)16/h2-6H,18H2,1H3. The van der Waals surface area contributed by atoms with Crippen LogP contribution in [0.2, 0.25) is 5.02 Å². The average Bonchev–Trinajstić information content (AvgIpc) is 2.68. The first kappa shape index (κ1) is 13.4. The molecule has 0 aliphatic carbocycles. The summed E-state index contributed by atoms with van der Waals surface area (Å²) in [4.78, 5) is 4.52. The summed E-state index contributed by atoms with van der Waals surface area (Å²) in [7, 11) is 0. The lowest BCUT2D eigenvalue weighted by Gasteiger charge is -2.03. The molecule has 20 heavy (non-hydrogen) atoms. The maximum Gasteiger partial charge on any atom is 0.142 e. The van der Waals surface area contributed by atoms with Crippen LogP contribution in [0.15, 0.2) is 34.9 Å². The number of aryl methyl sites for hydroxylation is 1. The van der Waals surface area contributed by atoms with Gasteiger partial charge in [0.25, 0.3) is 0 Å². The van der Waals surface area contributed by atoms with Gasteiger partial charge in [0.15, 0.2) is 0 Å². The van der Waals surface area contributed by atoms with Crippen LogP contribution in [0.5, 0.6) is 0 Å². The van der Waals surface area contributed by atoms with Gasteiger partial charge in [-0.1, -0.05) is 11.6 Å². The number of imidazole rings is 1. The van der Waals surface area contributed by atoms with Crippen LogP contribution in [-0.4, -0.2) is 9.38 Å². The fourth-order valence-electron chi connectivity index (χ4n) is 2.17. The molecule has 2 aromatic heterocycles. The van der Waals surface area contributed by atoms with Gasteiger partial charge in [0.1, 0.15) is 23.0 Å². The number of pyridine rings is 1. The zero-order chi connectivity index (χ0) is 14.4. The van der Waals surface area contributed by atoms with Gasteiger partial charge in [-0.15, -0.1) is 0 Å². The van der Waals surface area contributed by atoms with Crippen LogP contribution in [0.3, 0.4) is 0 Å². The van der Waals surface area contributed by atoms with Crippen LogP contribution in [0.1, 0.15) is 5.56 Å². The summed E-state index contributed by atoms with van der Waals surface area (Å²) in [5.41, 5.74) is 9.04. The molecule has 0 atom stereocenters. The molecule has 1 aromatic carbocycles. The van der Waals surface area contributed by atoms with Gasteiger partial charge in [-0.3, -0.25) is 4.40 Å². The predicted octanol–water partition coefficient (Wildman–Crippen LogP) is 4.45. The zero-order valence-corrected chi connectivity index (χ0v) is 12.8. The molecule has 0 aliphatic heterocycles. The highest BCUT2D eigenvalue weighted by atomic mass is 79.9. The van der Waals surface area contributed by atoms with E-state index >= 15 is 0 Å². The molecule has 0 bridgehead atoms. The van der Waals surface area contributed by atoms with Crippen molar-refractivity contribution in [1.82, 2.24) is 9.38 Å². The highest BCUT2D eigenvalue weighted by Crippen LogP contribution is 2.33. The lowest BCUT2D eigenvalue weighted by Crippen LogP contribution is -1.95. The third-order valence-electron chi connectivity index (χ3n) is 3.09. The number of nitrogens with two attached hydrogens (primary N) is 1. The first-order chi connectivity index (χ1) is 9.47. The topological polar surface area (TPSA) is 43.3 Å². The molecule has 0 spiro atoms. The minimum absolute atomic E-state index is 0.289. The number of benzene rings is 1. The van der Waals surface area contributed by atoms with Crippen molar-refractivity contribution >= 4 is 39.0 Å². The predicted molar refractivity (Wildman–Crippen MR) is 82.4 cm³/mol. The molecule has 6 heteroatoms. The second-order valence-electron chi connectivity index (χ2n) is 4.50.